The predicted octanol–water partition coefficient (Wildman–Crippen LogP) is 5.92. The number of nitrogens with zero attached hydrogens (tertiary/aromatic N) is 1. The van der Waals surface area contributed by atoms with E-state index in [9.17, 15) is 19.2 Å². The molecule has 9 nitrogen and oxygen atoms in total. The predicted molar refractivity (Wildman–Crippen MR) is 169 cm³/mol. The Labute approximate surface area is 254 Å². The molecule has 3 aromatic rings. The van der Waals surface area contributed by atoms with Gasteiger partial charge in [-0.1, -0.05) is 61.0 Å². The Balaban J connectivity index is 2.15. The van der Waals surface area contributed by atoms with E-state index >= 15 is 0 Å². The highest BCUT2D eigenvalue weighted by atomic mass is 16.6. The SMILES string of the molecule is CCC(C)(C)N(C(=O)C(CC(N)=O)NC(=O)OC(C)(C)C)C(C(=O)Nc1ccc2ccccc2c1)c1ccc(C)cc1C. The lowest BCUT2D eigenvalue weighted by molar-refractivity contribution is -0.148. The van der Waals surface area contributed by atoms with Gasteiger partial charge in [0, 0.05) is 11.2 Å². The number of alkyl carbamates (subject to hydrolysis) is 1. The molecule has 4 amide bonds. The molecule has 0 radical (unpaired) electrons. The van der Waals surface area contributed by atoms with Crippen LogP contribution in [0.1, 0.15) is 77.1 Å². The number of rotatable bonds is 10. The van der Waals surface area contributed by atoms with Crippen molar-refractivity contribution in [1.82, 2.24) is 10.2 Å². The van der Waals surface area contributed by atoms with Crippen LogP contribution in [0.4, 0.5) is 10.5 Å². The summed E-state index contributed by atoms with van der Waals surface area (Å²) in [7, 11) is 0. The van der Waals surface area contributed by atoms with Gasteiger partial charge in [-0.25, -0.2) is 4.79 Å². The summed E-state index contributed by atoms with van der Waals surface area (Å²) in [6, 6.07) is 16.6. The highest BCUT2D eigenvalue weighted by molar-refractivity contribution is 6.01. The number of hydrogen-bond donors (Lipinski definition) is 3. The maximum absolute atomic E-state index is 14.5. The van der Waals surface area contributed by atoms with Gasteiger partial charge in [0.05, 0.1) is 6.42 Å². The molecule has 2 unspecified atom stereocenters. The maximum atomic E-state index is 14.5. The van der Waals surface area contributed by atoms with Crippen LogP contribution >= 0.6 is 0 Å². The fourth-order valence-corrected chi connectivity index (χ4v) is 4.97. The van der Waals surface area contributed by atoms with Crippen LogP contribution < -0.4 is 16.4 Å². The summed E-state index contributed by atoms with van der Waals surface area (Å²) < 4.78 is 5.38. The lowest BCUT2D eigenvalue weighted by Crippen LogP contribution is -2.59. The monoisotopic (exact) mass is 588 g/mol. The number of nitrogens with two attached hydrogens (primary N) is 1. The summed E-state index contributed by atoms with van der Waals surface area (Å²) in [4.78, 5) is 55.2. The van der Waals surface area contributed by atoms with Gasteiger partial charge in [0.15, 0.2) is 0 Å². The summed E-state index contributed by atoms with van der Waals surface area (Å²) in [6.07, 6.45) is -0.871. The van der Waals surface area contributed by atoms with Crippen LogP contribution in [0.5, 0.6) is 0 Å². The molecular weight excluding hydrogens is 544 g/mol. The van der Waals surface area contributed by atoms with Gasteiger partial charge in [-0.15, -0.1) is 0 Å². The first kappa shape index (κ1) is 33.1. The van der Waals surface area contributed by atoms with Crippen molar-refractivity contribution in [2.45, 2.75) is 91.5 Å². The number of aryl methyl sites for hydroxylation is 2. The smallest absolute Gasteiger partial charge is 0.408 e. The topological polar surface area (TPSA) is 131 Å². The van der Waals surface area contributed by atoms with Gasteiger partial charge < -0.3 is 26.0 Å². The minimum absolute atomic E-state index is 0.438. The van der Waals surface area contributed by atoms with Crippen molar-refractivity contribution in [3.8, 4) is 0 Å². The average Bonchev–Trinajstić information content (AvgIpc) is 2.90. The second-order valence-electron chi connectivity index (χ2n) is 12.6. The Morgan fingerprint density at radius 3 is 2.14 bits per heavy atom. The maximum Gasteiger partial charge on any atom is 0.408 e. The Kier molecular flexibility index (Phi) is 10.2. The number of benzene rings is 3. The molecule has 0 aliphatic heterocycles. The fraction of sp³-hybridized carbons (Fsp3) is 0.412. The first-order valence-electron chi connectivity index (χ1n) is 14.5. The van der Waals surface area contributed by atoms with E-state index in [0.29, 0.717) is 17.7 Å². The Hall–Kier alpha value is -4.40. The summed E-state index contributed by atoms with van der Waals surface area (Å²) in [5, 5.41) is 7.53. The number of primary amides is 1. The van der Waals surface area contributed by atoms with E-state index in [1.807, 2.05) is 95.3 Å². The van der Waals surface area contributed by atoms with Crippen LogP contribution in [-0.2, 0) is 19.1 Å². The van der Waals surface area contributed by atoms with Crippen molar-refractivity contribution in [2.24, 2.45) is 5.73 Å². The number of nitrogens with one attached hydrogen (secondary N) is 2. The molecule has 0 saturated carbocycles. The van der Waals surface area contributed by atoms with Crippen molar-refractivity contribution < 1.29 is 23.9 Å². The first-order chi connectivity index (χ1) is 20.0. The van der Waals surface area contributed by atoms with E-state index in [2.05, 4.69) is 10.6 Å². The normalized spacial score (nSPS) is 13.1. The van der Waals surface area contributed by atoms with E-state index in [1.165, 1.54) is 4.90 Å². The number of amides is 4. The third-order valence-electron chi connectivity index (χ3n) is 7.39. The lowest BCUT2D eigenvalue weighted by Gasteiger charge is -2.45. The Morgan fingerprint density at radius 2 is 1.56 bits per heavy atom. The zero-order chi connectivity index (χ0) is 32.1. The molecule has 3 rings (SSSR count). The van der Waals surface area contributed by atoms with Crippen molar-refractivity contribution in [1.29, 1.82) is 0 Å². The van der Waals surface area contributed by atoms with E-state index < -0.39 is 53.5 Å². The summed E-state index contributed by atoms with van der Waals surface area (Å²) in [5.41, 5.74) is 6.81. The van der Waals surface area contributed by atoms with Crippen LogP contribution in [0.3, 0.4) is 0 Å². The van der Waals surface area contributed by atoms with E-state index in [4.69, 9.17) is 10.5 Å². The largest absolute Gasteiger partial charge is 0.444 e. The van der Waals surface area contributed by atoms with Crippen LogP contribution in [0.25, 0.3) is 10.8 Å². The van der Waals surface area contributed by atoms with Gasteiger partial charge >= 0.3 is 6.09 Å². The average molecular weight is 589 g/mol. The molecule has 0 aliphatic rings. The zero-order valence-electron chi connectivity index (χ0n) is 26.4. The summed E-state index contributed by atoms with van der Waals surface area (Å²) in [5.74, 6) is -1.85. The number of ether oxygens (including phenoxy) is 1. The molecular formula is C34H44N4O5. The lowest BCUT2D eigenvalue weighted by atomic mass is 9.89. The Morgan fingerprint density at radius 1 is 0.907 bits per heavy atom. The highest BCUT2D eigenvalue weighted by Crippen LogP contribution is 2.35. The van der Waals surface area contributed by atoms with Crippen molar-refractivity contribution in [2.75, 3.05) is 5.32 Å². The molecule has 0 bridgehead atoms. The van der Waals surface area contributed by atoms with Crippen LogP contribution in [-0.4, -0.2) is 45.9 Å². The van der Waals surface area contributed by atoms with Gasteiger partial charge in [-0.2, -0.15) is 0 Å². The van der Waals surface area contributed by atoms with Crippen molar-refractivity contribution >= 4 is 40.3 Å². The number of anilines is 1. The number of carbonyl (C=O) groups is 4. The van der Waals surface area contributed by atoms with Gasteiger partial charge in [0.25, 0.3) is 5.91 Å². The van der Waals surface area contributed by atoms with Crippen LogP contribution in [0, 0.1) is 13.8 Å². The molecule has 0 aliphatic carbocycles. The van der Waals surface area contributed by atoms with E-state index in [0.717, 1.165) is 21.9 Å². The second-order valence-corrected chi connectivity index (χ2v) is 12.6. The van der Waals surface area contributed by atoms with Gasteiger partial charge in [-0.05, 0) is 88.9 Å². The summed E-state index contributed by atoms with van der Waals surface area (Å²) >= 11 is 0. The number of carbonyl (C=O) groups excluding carboxylic acids is 4. The Bertz CT molecular complexity index is 1510. The molecule has 2 atom stereocenters. The molecule has 0 spiro atoms. The molecule has 0 heterocycles. The van der Waals surface area contributed by atoms with E-state index in [-0.39, 0.29) is 0 Å². The molecule has 0 aromatic heterocycles. The molecule has 3 aromatic carbocycles. The van der Waals surface area contributed by atoms with Gasteiger partial charge in [-0.3, -0.25) is 14.4 Å². The minimum atomic E-state index is -1.36. The first-order valence-corrected chi connectivity index (χ1v) is 14.5. The minimum Gasteiger partial charge on any atom is -0.444 e. The second kappa shape index (κ2) is 13.3. The molecule has 4 N–H and O–H groups in total. The van der Waals surface area contributed by atoms with Crippen LogP contribution in [0.15, 0.2) is 60.7 Å². The third-order valence-corrected chi connectivity index (χ3v) is 7.39. The van der Waals surface area contributed by atoms with E-state index in [1.54, 1.807) is 20.8 Å². The van der Waals surface area contributed by atoms with Gasteiger partial charge in [0.2, 0.25) is 11.8 Å². The van der Waals surface area contributed by atoms with Crippen molar-refractivity contribution in [3.63, 3.8) is 0 Å². The van der Waals surface area contributed by atoms with Crippen molar-refractivity contribution in [3.05, 3.63) is 77.4 Å². The molecule has 0 fully saturated rings. The standard InChI is InChI=1S/C34H44N4O5/c1-9-34(7,8)38(31(41)27(20-28(35)39)37-32(42)43-33(4,5)6)29(26-17-14-21(2)18-22(26)3)30(40)36-25-16-15-23-12-10-11-13-24(23)19-25/h10-19,27,29H,9,20H2,1-8H3,(H2,35,39)(H,36,40)(H,37,42). The van der Waals surface area contributed by atoms with Gasteiger partial charge in [0.1, 0.15) is 17.7 Å². The fourth-order valence-electron chi connectivity index (χ4n) is 4.97. The van der Waals surface area contributed by atoms with Crippen LogP contribution in [0.2, 0.25) is 0 Å². The molecule has 0 saturated heterocycles. The zero-order valence-corrected chi connectivity index (χ0v) is 26.4. The molecule has 230 valence electrons. The third kappa shape index (κ3) is 8.56. The molecule has 9 heteroatoms. The number of hydrogen-bond acceptors (Lipinski definition) is 5. The summed E-state index contributed by atoms with van der Waals surface area (Å²) in [6.45, 7) is 14.5. The highest BCUT2D eigenvalue weighted by Gasteiger charge is 2.44. The quantitative estimate of drug-likeness (QED) is 0.271. The molecule has 43 heavy (non-hydrogen) atoms. The number of fused-ring (bicyclic) bond motifs is 1.